The molecule has 1 aromatic heterocycles. The van der Waals surface area contributed by atoms with E-state index in [4.69, 9.17) is 9.57 Å². The van der Waals surface area contributed by atoms with Crippen molar-refractivity contribution in [1.29, 1.82) is 0 Å². The molecule has 1 heterocycles. The molecule has 2 aromatic rings. The lowest BCUT2D eigenvalue weighted by atomic mass is 10.3. The van der Waals surface area contributed by atoms with Gasteiger partial charge in [-0.15, -0.1) is 0 Å². The van der Waals surface area contributed by atoms with Gasteiger partial charge >= 0.3 is 11.8 Å². The highest BCUT2D eigenvalue weighted by Gasteiger charge is 2.18. The Labute approximate surface area is 130 Å². The van der Waals surface area contributed by atoms with Crippen LogP contribution in [0.2, 0.25) is 0 Å². The van der Waals surface area contributed by atoms with Gasteiger partial charge in [0, 0.05) is 20.2 Å². The zero-order valence-corrected chi connectivity index (χ0v) is 12.7. The zero-order chi connectivity index (χ0) is 16.8. The predicted octanol–water partition coefficient (Wildman–Crippen LogP) is 0.0850. The molecule has 0 aliphatic rings. The van der Waals surface area contributed by atoms with E-state index in [0.29, 0.717) is 24.5 Å². The second-order valence-electron chi connectivity index (χ2n) is 4.46. The number of hydrogen-bond acceptors (Lipinski definition) is 6. The molecule has 0 atom stereocenters. The highest BCUT2D eigenvalue weighted by atomic mass is 19.1. The molecule has 0 aliphatic carbocycles. The number of methoxy groups -OCH3 is 1. The summed E-state index contributed by atoms with van der Waals surface area (Å²) >= 11 is 0. The minimum Gasteiger partial charge on any atom is -0.383 e. The average molecular weight is 325 g/mol. The zero-order valence-electron chi connectivity index (χ0n) is 12.7. The van der Waals surface area contributed by atoms with E-state index in [9.17, 15) is 14.0 Å². The molecule has 2 rings (SSSR count). The van der Waals surface area contributed by atoms with Gasteiger partial charge < -0.3 is 9.64 Å². The van der Waals surface area contributed by atoms with Crippen molar-refractivity contribution in [1.82, 2.24) is 24.9 Å². The number of hydrogen-bond donors (Lipinski definition) is 0. The topological polar surface area (TPSA) is 91.5 Å². The normalized spacial score (nSPS) is 10.6. The van der Waals surface area contributed by atoms with E-state index in [1.54, 1.807) is 6.92 Å². The molecule has 0 saturated carbocycles. The van der Waals surface area contributed by atoms with Crippen LogP contribution in [0, 0.1) is 5.82 Å². The van der Waals surface area contributed by atoms with Crippen molar-refractivity contribution in [2.45, 2.75) is 6.92 Å². The summed E-state index contributed by atoms with van der Waals surface area (Å²) in [5, 5.41) is 7.01. The Kier molecular flexibility index (Phi) is 5.41. The van der Waals surface area contributed by atoms with Gasteiger partial charge in [-0.3, -0.25) is 4.84 Å². The second-order valence-corrected chi connectivity index (χ2v) is 4.46. The highest BCUT2D eigenvalue weighted by molar-refractivity contribution is 5.67. The molecular weight excluding hydrogens is 309 g/mol. The number of carbonyl (C=O) groups is 1. The minimum absolute atomic E-state index is 0.170. The van der Waals surface area contributed by atoms with Gasteiger partial charge in [0.2, 0.25) is 0 Å². The van der Waals surface area contributed by atoms with Crippen LogP contribution in [0.1, 0.15) is 6.92 Å². The van der Waals surface area contributed by atoms with Gasteiger partial charge in [0.05, 0.1) is 12.3 Å². The molecule has 0 radical (unpaired) electrons. The Morgan fingerprint density at radius 3 is 2.83 bits per heavy atom. The predicted molar refractivity (Wildman–Crippen MR) is 76.7 cm³/mol. The Balaban J connectivity index is 2.16. The summed E-state index contributed by atoms with van der Waals surface area (Å²) in [6.45, 7) is 2.75. The summed E-state index contributed by atoms with van der Waals surface area (Å²) in [6.07, 6.45) is -0.766. The molecule has 1 aromatic carbocycles. The van der Waals surface area contributed by atoms with E-state index in [-0.39, 0.29) is 5.69 Å². The number of aromatic nitrogens is 4. The number of ether oxygens (including phenoxy) is 1. The molecule has 23 heavy (non-hydrogen) atoms. The van der Waals surface area contributed by atoms with Crippen LogP contribution in [-0.4, -0.2) is 57.8 Å². The second kappa shape index (κ2) is 7.49. The summed E-state index contributed by atoms with van der Waals surface area (Å²) in [6, 6.07) is 5.24. The lowest BCUT2D eigenvalue weighted by Gasteiger charge is -2.18. The molecule has 0 N–H and O–H groups in total. The summed E-state index contributed by atoms with van der Waals surface area (Å²) in [7, 11) is 1.51. The van der Waals surface area contributed by atoms with Gasteiger partial charge in [0.1, 0.15) is 5.82 Å². The van der Waals surface area contributed by atoms with E-state index in [1.807, 2.05) is 0 Å². The maximum Gasteiger partial charge on any atom is 0.436 e. The van der Waals surface area contributed by atoms with Crippen molar-refractivity contribution in [3.8, 4) is 5.69 Å². The number of nitrogens with zero attached hydrogens (tertiary/aromatic N) is 5. The van der Waals surface area contributed by atoms with Gasteiger partial charge in [0.15, 0.2) is 0 Å². The standard InChI is InChI=1S/C13H16FN5O4/c1-3-17(7-8-22-2)13(21)23-19-12(20)18(15-16-19)11-6-4-5-10(14)9-11/h4-6,9H,3,7-8H2,1-2H3. The Morgan fingerprint density at radius 1 is 1.39 bits per heavy atom. The number of tetrazole rings is 1. The van der Waals surface area contributed by atoms with Gasteiger partial charge in [-0.05, 0) is 40.4 Å². The van der Waals surface area contributed by atoms with E-state index in [1.165, 1.54) is 30.2 Å². The first-order chi connectivity index (χ1) is 11.1. The fraction of sp³-hybridized carbons (Fsp3) is 0.385. The van der Waals surface area contributed by atoms with E-state index in [2.05, 4.69) is 10.4 Å². The van der Waals surface area contributed by atoms with Crippen molar-refractivity contribution >= 4 is 6.09 Å². The number of rotatable bonds is 6. The third-order valence-electron chi connectivity index (χ3n) is 2.98. The first kappa shape index (κ1) is 16.6. The number of halogens is 1. The molecule has 0 bridgehead atoms. The average Bonchev–Trinajstić information content (AvgIpc) is 2.89. The lowest BCUT2D eigenvalue weighted by molar-refractivity contribution is 0.0647. The van der Waals surface area contributed by atoms with Crippen LogP contribution in [0.5, 0.6) is 0 Å². The van der Waals surface area contributed by atoms with E-state index < -0.39 is 17.6 Å². The number of likely N-dealkylation sites (N-methyl/N-ethyl adjacent to an activating group) is 1. The molecule has 0 spiro atoms. The summed E-state index contributed by atoms with van der Waals surface area (Å²) in [5.41, 5.74) is -0.657. The molecule has 10 heteroatoms. The Morgan fingerprint density at radius 2 is 2.17 bits per heavy atom. The largest absolute Gasteiger partial charge is 0.436 e. The van der Waals surface area contributed by atoms with Gasteiger partial charge in [-0.1, -0.05) is 6.07 Å². The van der Waals surface area contributed by atoms with Crippen molar-refractivity contribution in [3.63, 3.8) is 0 Å². The molecule has 9 nitrogen and oxygen atoms in total. The van der Waals surface area contributed by atoms with Crippen molar-refractivity contribution in [3.05, 3.63) is 40.6 Å². The molecule has 0 unspecified atom stereocenters. The van der Waals surface area contributed by atoms with Gasteiger partial charge in [-0.2, -0.15) is 4.68 Å². The molecule has 0 saturated heterocycles. The smallest absolute Gasteiger partial charge is 0.383 e. The SMILES string of the molecule is CCN(CCOC)C(=O)On1nnn(-c2cccc(F)c2)c1=O. The minimum atomic E-state index is -0.827. The number of carbonyl (C=O) groups excluding carboxylic acids is 1. The quantitative estimate of drug-likeness (QED) is 0.699. The Hall–Kier alpha value is -2.75. The molecule has 0 fully saturated rings. The monoisotopic (exact) mass is 325 g/mol. The number of amides is 1. The van der Waals surface area contributed by atoms with Gasteiger partial charge in [-0.25, -0.2) is 14.0 Å². The van der Waals surface area contributed by atoms with E-state index >= 15 is 0 Å². The van der Waals surface area contributed by atoms with E-state index in [0.717, 1.165) is 10.7 Å². The molecule has 1 amide bonds. The van der Waals surface area contributed by atoms with Crippen LogP contribution in [-0.2, 0) is 4.74 Å². The maximum absolute atomic E-state index is 13.2. The summed E-state index contributed by atoms with van der Waals surface area (Å²) in [5.74, 6) is -0.530. The van der Waals surface area contributed by atoms with Crippen molar-refractivity contribution < 1.29 is 18.8 Å². The third kappa shape index (κ3) is 3.92. The van der Waals surface area contributed by atoms with Crippen LogP contribution in [0.25, 0.3) is 5.69 Å². The highest BCUT2D eigenvalue weighted by Crippen LogP contribution is 2.05. The maximum atomic E-state index is 13.2. The lowest BCUT2D eigenvalue weighted by Crippen LogP contribution is -2.42. The first-order valence-corrected chi connectivity index (χ1v) is 6.84. The van der Waals surface area contributed by atoms with Crippen molar-refractivity contribution in [2.24, 2.45) is 0 Å². The molecule has 124 valence electrons. The van der Waals surface area contributed by atoms with Crippen LogP contribution >= 0.6 is 0 Å². The van der Waals surface area contributed by atoms with Crippen LogP contribution in [0.4, 0.5) is 9.18 Å². The fourth-order valence-corrected chi connectivity index (χ4v) is 1.77. The fourth-order valence-electron chi connectivity index (χ4n) is 1.77. The first-order valence-electron chi connectivity index (χ1n) is 6.84. The third-order valence-corrected chi connectivity index (χ3v) is 2.98. The van der Waals surface area contributed by atoms with Crippen molar-refractivity contribution in [2.75, 3.05) is 26.8 Å². The van der Waals surface area contributed by atoms with Crippen LogP contribution < -0.4 is 10.5 Å². The van der Waals surface area contributed by atoms with Crippen LogP contribution in [0.3, 0.4) is 0 Å². The molecule has 0 aliphatic heterocycles. The van der Waals surface area contributed by atoms with Gasteiger partial charge in [0.25, 0.3) is 0 Å². The van der Waals surface area contributed by atoms with Crippen LogP contribution in [0.15, 0.2) is 29.1 Å². The molecular formula is C13H16FN5O4. The summed E-state index contributed by atoms with van der Waals surface area (Å²) in [4.78, 5) is 30.7. The Bertz CT molecular complexity index is 729. The summed E-state index contributed by atoms with van der Waals surface area (Å²) < 4.78 is 18.9. The number of benzene rings is 1.